The molecule has 2 unspecified atom stereocenters. The molecule has 2 heterocycles. The predicted molar refractivity (Wildman–Crippen MR) is 240 cm³/mol. The van der Waals surface area contributed by atoms with Crippen LogP contribution in [0.2, 0.25) is 0 Å². The van der Waals surface area contributed by atoms with Gasteiger partial charge in [0, 0.05) is 43.6 Å². The molecule has 8 atom stereocenters. The van der Waals surface area contributed by atoms with Gasteiger partial charge in [-0.3, -0.25) is 19.3 Å². The number of Topliss-reactive ketones (excluding diaryl/α,β-unsaturated/α-hetero) is 3. The second-order valence-electron chi connectivity index (χ2n) is 21.6. The summed E-state index contributed by atoms with van der Waals surface area (Å²) in [6, 6.07) is 5.92. The fraction of sp³-hybridized carbons (Fsp3) is 0.800. The predicted octanol–water partition coefficient (Wildman–Crippen LogP) is 10.2. The first-order valence-corrected chi connectivity index (χ1v) is 23.2. The normalized spacial score (nSPS) is 31.6. The van der Waals surface area contributed by atoms with E-state index in [2.05, 4.69) is 98.4 Å². The van der Waals surface area contributed by atoms with Gasteiger partial charge in [-0.1, -0.05) is 109 Å². The summed E-state index contributed by atoms with van der Waals surface area (Å²) in [6.07, 6.45) is 7.55. The van der Waals surface area contributed by atoms with Gasteiger partial charge in [0.2, 0.25) is 0 Å². The van der Waals surface area contributed by atoms with E-state index in [4.69, 9.17) is 4.74 Å². The Morgan fingerprint density at radius 1 is 0.864 bits per heavy atom. The molecular weight excluding hydrogens is 739 g/mol. The molecule has 0 radical (unpaired) electrons. The van der Waals surface area contributed by atoms with Crippen LogP contribution < -0.4 is 15.0 Å². The number of aliphatic hydroxyl groups is 1. The molecule has 2 N–H and O–H groups in total. The van der Waals surface area contributed by atoms with Gasteiger partial charge in [0.1, 0.15) is 11.2 Å². The minimum Gasteiger partial charge on any atom is -0.410 e. The molecule has 1 aromatic carbocycles. The standard InChI is InChI=1S/C35H62O4.C15H21N3O2/c1-22(2)13-12-19-33(11)27(16-14-23(3)4)21-34(20-18-25(7)8)30(37)28(17-15-24(5)6)31(38)35(33,32(34)39)29(36)26(9)10;1-15-7-8-17(3)13(15)18(4)12-6-5-10(9-11(12)15)20-14(19)16-2/h22-28,31,38H,12-21H2,1-11H3;5-6,9,13H,7-8H2,1-4H3,(H,16,19)/t27-,28?,31?,33+,34+,35-;13-,15+/m10/s1. The van der Waals surface area contributed by atoms with Crippen molar-refractivity contribution in [2.45, 2.75) is 171 Å². The summed E-state index contributed by atoms with van der Waals surface area (Å²) < 4.78 is 5.26. The van der Waals surface area contributed by atoms with Crippen LogP contribution in [0.1, 0.15) is 159 Å². The number of anilines is 1. The Labute approximate surface area is 358 Å². The van der Waals surface area contributed by atoms with E-state index in [1.807, 2.05) is 32.0 Å². The zero-order chi connectivity index (χ0) is 44.4. The fourth-order valence-electron chi connectivity index (χ4n) is 11.9. The number of amides is 1. The van der Waals surface area contributed by atoms with Crippen LogP contribution in [0.15, 0.2) is 18.2 Å². The number of hydrogen-bond acceptors (Lipinski definition) is 8. The number of rotatable bonds is 16. The van der Waals surface area contributed by atoms with Gasteiger partial charge >= 0.3 is 6.09 Å². The Morgan fingerprint density at radius 2 is 1.46 bits per heavy atom. The summed E-state index contributed by atoms with van der Waals surface area (Å²) in [6.45, 7) is 26.7. The van der Waals surface area contributed by atoms with Crippen LogP contribution in [-0.4, -0.2) is 73.4 Å². The van der Waals surface area contributed by atoms with E-state index in [-0.39, 0.29) is 28.7 Å². The van der Waals surface area contributed by atoms with E-state index >= 15 is 4.79 Å². The Morgan fingerprint density at radius 3 is 2.02 bits per heavy atom. The lowest BCUT2D eigenvalue weighted by molar-refractivity contribution is -0.212. The molecular formula is C50H83N3O6. The zero-order valence-corrected chi connectivity index (χ0v) is 39.8. The van der Waals surface area contributed by atoms with Crippen LogP contribution in [0.4, 0.5) is 10.5 Å². The van der Waals surface area contributed by atoms with Crippen molar-refractivity contribution in [2.75, 3.05) is 32.6 Å². The van der Waals surface area contributed by atoms with Crippen LogP contribution in [-0.2, 0) is 19.8 Å². The van der Waals surface area contributed by atoms with Gasteiger partial charge in [-0.25, -0.2) is 4.79 Å². The largest absolute Gasteiger partial charge is 0.412 e. The summed E-state index contributed by atoms with van der Waals surface area (Å²) >= 11 is 0. The van der Waals surface area contributed by atoms with Gasteiger partial charge in [0.25, 0.3) is 0 Å². The average molecular weight is 822 g/mol. The summed E-state index contributed by atoms with van der Waals surface area (Å²) in [7, 11) is 5.86. The highest BCUT2D eigenvalue weighted by Gasteiger charge is 2.77. The second kappa shape index (κ2) is 19.1. The first kappa shape index (κ1) is 48.9. The summed E-state index contributed by atoms with van der Waals surface area (Å²) in [5.41, 5.74) is -0.753. The van der Waals surface area contributed by atoms with Gasteiger partial charge in [-0.05, 0) is 111 Å². The number of carbonyl (C=O) groups is 4. The molecule has 9 heteroatoms. The SMILES string of the molecule is CC(C)CCC[C@@]1(C)[C@H](CCC(C)C)C[C@@]2(CCC(C)C)C(=O)C(CCC(C)C)C(O)[C@]1(C(=O)C(C)C)C2=O.CNC(=O)Oc1ccc2c(c1)[C@@]1(C)CCN(C)[C@H]1N2C. The summed E-state index contributed by atoms with van der Waals surface area (Å²) in [5, 5.41) is 14.8. The number of nitrogens with one attached hydrogen (secondary N) is 1. The van der Waals surface area contributed by atoms with E-state index in [0.717, 1.165) is 57.9 Å². The first-order chi connectivity index (χ1) is 27.5. The third-order valence-electron chi connectivity index (χ3n) is 15.2. The number of benzene rings is 1. The van der Waals surface area contributed by atoms with Crippen molar-refractivity contribution in [1.29, 1.82) is 0 Å². The number of fused-ring (bicyclic) bond motifs is 5. The molecule has 5 rings (SSSR count). The lowest BCUT2D eigenvalue weighted by Gasteiger charge is -2.65. The van der Waals surface area contributed by atoms with E-state index in [1.54, 1.807) is 7.05 Å². The van der Waals surface area contributed by atoms with Crippen molar-refractivity contribution in [3.05, 3.63) is 23.8 Å². The van der Waals surface area contributed by atoms with E-state index < -0.39 is 40.3 Å². The molecule has 334 valence electrons. The molecule has 2 aliphatic carbocycles. The summed E-state index contributed by atoms with van der Waals surface area (Å²) in [4.78, 5) is 60.3. The Kier molecular flexibility index (Phi) is 15.8. The van der Waals surface area contributed by atoms with E-state index in [1.165, 1.54) is 11.3 Å². The van der Waals surface area contributed by atoms with Crippen LogP contribution >= 0.6 is 0 Å². The number of carbonyl (C=O) groups excluding carboxylic acids is 4. The molecule has 1 saturated heterocycles. The monoisotopic (exact) mass is 822 g/mol. The van der Waals surface area contributed by atoms with Gasteiger partial charge < -0.3 is 20.1 Å². The minimum atomic E-state index is -1.52. The Hall–Kier alpha value is -2.78. The van der Waals surface area contributed by atoms with Crippen molar-refractivity contribution in [3.63, 3.8) is 0 Å². The molecule has 4 aliphatic rings. The number of likely N-dealkylation sites (tertiary alicyclic amines) is 1. The quantitative estimate of drug-likeness (QED) is 0.158. The van der Waals surface area contributed by atoms with Crippen LogP contribution in [0.5, 0.6) is 5.75 Å². The molecule has 0 spiro atoms. The molecule has 1 aromatic rings. The van der Waals surface area contributed by atoms with Crippen molar-refractivity contribution >= 4 is 29.1 Å². The fourth-order valence-corrected chi connectivity index (χ4v) is 11.9. The Balaban J connectivity index is 0.000000318. The van der Waals surface area contributed by atoms with Crippen molar-refractivity contribution in [1.82, 2.24) is 10.2 Å². The molecule has 59 heavy (non-hydrogen) atoms. The molecule has 1 amide bonds. The topological polar surface area (TPSA) is 116 Å². The number of hydrogen-bond donors (Lipinski definition) is 2. The van der Waals surface area contributed by atoms with Crippen molar-refractivity contribution in [2.24, 2.45) is 57.7 Å². The van der Waals surface area contributed by atoms with Gasteiger partial charge in [0.15, 0.2) is 17.3 Å². The first-order valence-electron chi connectivity index (χ1n) is 23.2. The van der Waals surface area contributed by atoms with E-state index in [0.29, 0.717) is 54.8 Å². The van der Waals surface area contributed by atoms with Crippen LogP contribution in [0.3, 0.4) is 0 Å². The lowest BCUT2D eigenvalue weighted by Crippen LogP contribution is -2.76. The van der Waals surface area contributed by atoms with Gasteiger partial charge in [-0.2, -0.15) is 0 Å². The number of likely N-dealkylation sites (N-methyl/N-ethyl adjacent to an activating group) is 2. The maximum absolute atomic E-state index is 15.1. The number of nitrogens with zero attached hydrogens (tertiary/aromatic N) is 2. The molecule has 2 saturated carbocycles. The maximum atomic E-state index is 15.1. The summed E-state index contributed by atoms with van der Waals surface area (Å²) in [5.74, 6) is 0.939. The molecule has 9 nitrogen and oxygen atoms in total. The van der Waals surface area contributed by atoms with Gasteiger partial charge in [-0.15, -0.1) is 0 Å². The van der Waals surface area contributed by atoms with Crippen LogP contribution in [0.25, 0.3) is 0 Å². The van der Waals surface area contributed by atoms with Crippen molar-refractivity contribution < 1.29 is 29.0 Å². The highest BCUT2D eigenvalue weighted by Crippen LogP contribution is 2.68. The second-order valence-corrected chi connectivity index (χ2v) is 21.6. The molecule has 2 aliphatic heterocycles. The third kappa shape index (κ3) is 9.08. The minimum absolute atomic E-state index is 0.0456. The highest BCUT2D eigenvalue weighted by atomic mass is 16.5. The number of ketones is 3. The average Bonchev–Trinajstić information content (AvgIpc) is 3.58. The van der Waals surface area contributed by atoms with E-state index in [9.17, 15) is 19.5 Å². The third-order valence-corrected chi connectivity index (χ3v) is 15.2. The van der Waals surface area contributed by atoms with Gasteiger partial charge in [0.05, 0.1) is 17.7 Å². The maximum Gasteiger partial charge on any atom is 0.412 e. The Bertz CT molecular complexity index is 1650. The highest BCUT2D eigenvalue weighted by molar-refractivity contribution is 6.22. The lowest BCUT2D eigenvalue weighted by atomic mass is 9.35. The number of aliphatic hydroxyl groups excluding tert-OH is 1. The smallest absolute Gasteiger partial charge is 0.410 e. The molecule has 2 bridgehead atoms. The van der Waals surface area contributed by atoms with Crippen LogP contribution in [0, 0.1) is 57.7 Å². The zero-order valence-electron chi connectivity index (χ0n) is 39.8. The molecule has 3 fully saturated rings. The van der Waals surface area contributed by atoms with Crippen molar-refractivity contribution in [3.8, 4) is 5.75 Å². The number of ether oxygens (including phenoxy) is 1. The molecule has 0 aromatic heterocycles.